The average molecular weight is 411 g/mol. The lowest BCUT2D eigenvalue weighted by atomic mass is 9.98. The molecule has 0 heterocycles. The van der Waals surface area contributed by atoms with Crippen LogP contribution in [0.2, 0.25) is 0 Å². The largest absolute Gasteiger partial charge is 0.373 e. The predicted molar refractivity (Wildman–Crippen MR) is 133 cm³/mol. The van der Waals surface area contributed by atoms with E-state index in [9.17, 15) is 0 Å². The summed E-state index contributed by atoms with van der Waals surface area (Å²) in [5, 5.41) is 0. The standard InChI is InChI=1S/C30H34O/c1-3-5-8-25-11-13-26(14-12-25)15-16-27-17-19-28(20-18-27)21-22-29-9-6-7-10-30(29)24-31-23-4-2/h3-7,9-14,17-20H,2,8,15-16,21-24H2,1H3. The summed E-state index contributed by atoms with van der Waals surface area (Å²) < 4.78 is 5.64. The third-order valence-corrected chi connectivity index (χ3v) is 5.63. The lowest BCUT2D eigenvalue weighted by molar-refractivity contribution is 0.148. The lowest BCUT2D eigenvalue weighted by Gasteiger charge is -2.10. The molecule has 3 aromatic rings. The summed E-state index contributed by atoms with van der Waals surface area (Å²) >= 11 is 0. The second-order valence-electron chi connectivity index (χ2n) is 7.98. The fourth-order valence-corrected chi connectivity index (χ4v) is 3.73. The Morgan fingerprint density at radius 2 is 1.19 bits per heavy atom. The van der Waals surface area contributed by atoms with Gasteiger partial charge in [0.2, 0.25) is 0 Å². The average Bonchev–Trinajstić information content (AvgIpc) is 2.82. The van der Waals surface area contributed by atoms with Crippen LogP contribution in [0.5, 0.6) is 0 Å². The molecule has 3 aromatic carbocycles. The summed E-state index contributed by atoms with van der Waals surface area (Å²) in [6.07, 6.45) is 11.4. The molecule has 160 valence electrons. The van der Waals surface area contributed by atoms with E-state index in [1.54, 1.807) is 6.08 Å². The highest BCUT2D eigenvalue weighted by molar-refractivity contribution is 5.30. The maximum atomic E-state index is 5.64. The van der Waals surface area contributed by atoms with Gasteiger partial charge in [0.15, 0.2) is 0 Å². The monoisotopic (exact) mass is 410 g/mol. The summed E-state index contributed by atoms with van der Waals surface area (Å²) in [4.78, 5) is 0. The Labute approximate surface area is 188 Å². The molecule has 0 saturated carbocycles. The summed E-state index contributed by atoms with van der Waals surface area (Å²) in [6, 6.07) is 26.7. The zero-order valence-corrected chi connectivity index (χ0v) is 18.7. The van der Waals surface area contributed by atoms with Crippen LogP contribution < -0.4 is 0 Å². The molecule has 31 heavy (non-hydrogen) atoms. The molecule has 0 aliphatic rings. The third-order valence-electron chi connectivity index (χ3n) is 5.63. The first-order valence-corrected chi connectivity index (χ1v) is 11.3. The molecule has 0 atom stereocenters. The molecule has 0 unspecified atom stereocenters. The van der Waals surface area contributed by atoms with E-state index < -0.39 is 0 Å². The van der Waals surface area contributed by atoms with E-state index in [1.165, 1.54) is 33.4 Å². The van der Waals surface area contributed by atoms with Gasteiger partial charge in [-0.05, 0) is 72.4 Å². The van der Waals surface area contributed by atoms with Crippen molar-refractivity contribution >= 4 is 0 Å². The van der Waals surface area contributed by atoms with Crippen molar-refractivity contribution in [2.75, 3.05) is 6.61 Å². The maximum Gasteiger partial charge on any atom is 0.0723 e. The van der Waals surface area contributed by atoms with Gasteiger partial charge in [-0.15, -0.1) is 6.58 Å². The summed E-state index contributed by atoms with van der Waals surface area (Å²) in [6.45, 7) is 7.03. The number of aryl methyl sites for hydroxylation is 4. The summed E-state index contributed by atoms with van der Waals surface area (Å²) in [5.74, 6) is 0. The lowest BCUT2D eigenvalue weighted by Crippen LogP contribution is -2.00. The van der Waals surface area contributed by atoms with E-state index in [-0.39, 0.29) is 0 Å². The first-order chi connectivity index (χ1) is 15.3. The van der Waals surface area contributed by atoms with E-state index in [0.717, 1.165) is 32.1 Å². The number of benzene rings is 3. The second kappa shape index (κ2) is 12.7. The smallest absolute Gasteiger partial charge is 0.0723 e. The van der Waals surface area contributed by atoms with Crippen LogP contribution in [0, 0.1) is 0 Å². The summed E-state index contributed by atoms with van der Waals surface area (Å²) in [5.41, 5.74) is 8.22. The minimum Gasteiger partial charge on any atom is -0.373 e. The highest BCUT2D eigenvalue weighted by atomic mass is 16.5. The molecule has 0 aromatic heterocycles. The SMILES string of the molecule is C=CCOCc1ccccc1CCc1ccc(CCc2ccc(CC=CC)cc2)cc1. The van der Waals surface area contributed by atoms with Gasteiger partial charge in [-0.1, -0.05) is 91.0 Å². The number of hydrogen-bond donors (Lipinski definition) is 0. The first-order valence-electron chi connectivity index (χ1n) is 11.3. The molecule has 1 heteroatoms. The molecule has 0 aliphatic carbocycles. The van der Waals surface area contributed by atoms with Crippen molar-refractivity contribution < 1.29 is 4.74 Å². The highest BCUT2D eigenvalue weighted by Crippen LogP contribution is 2.16. The number of hydrogen-bond acceptors (Lipinski definition) is 1. The van der Waals surface area contributed by atoms with Gasteiger partial charge in [0, 0.05) is 0 Å². The van der Waals surface area contributed by atoms with Gasteiger partial charge < -0.3 is 4.74 Å². The van der Waals surface area contributed by atoms with Crippen molar-refractivity contribution in [3.05, 3.63) is 131 Å². The minimum atomic E-state index is 0.593. The van der Waals surface area contributed by atoms with E-state index in [4.69, 9.17) is 4.74 Å². The van der Waals surface area contributed by atoms with Crippen LogP contribution in [0.15, 0.2) is 97.6 Å². The van der Waals surface area contributed by atoms with Crippen LogP contribution in [0.3, 0.4) is 0 Å². The molecule has 0 N–H and O–H groups in total. The Bertz CT molecular complexity index is 948. The Morgan fingerprint density at radius 3 is 1.74 bits per heavy atom. The molecule has 0 aliphatic heterocycles. The second-order valence-corrected chi connectivity index (χ2v) is 7.98. The van der Waals surface area contributed by atoms with E-state index in [0.29, 0.717) is 13.2 Å². The van der Waals surface area contributed by atoms with Gasteiger partial charge in [0.05, 0.1) is 13.2 Å². The molecule has 1 nitrogen and oxygen atoms in total. The van der Waals surface area contributed by atoms with Gasteiger partial charge in [-0.2, -0.15) is 0 Å². The van der Waals surface area contributed by atoms with Gasteiger partial charge in [0.25, 0.3) is 0 Å². The fourth-order valence-electron chi connectivity index (χ4n) is 3.73. The van der Waals surface area contributed by atoms with Crippen LogP contribution in [-0.2, 0) is 43.4 Å². The Balaban J connectivity index is 1.49. The molecule has 0 amide bonds. The van der Waals surface area contributed by atoms with Gasteiger partial charge in [0.1, 0.15) is 0 Å². The quantitative estimate of drug-likeness (QED) is 0.229. The number of allylic oxidation sites excluding steroid dienone is 2. The predicted octanol–water partition coefficient (Wildman–Crippen LogP) is 7.08. The van der Waals surface area contributed by atoms with Crippen LogP contribution >= 0.6 is 0 Å². The third kappa shape index (κ3) is 7.70. The Hall–Kier alpha value is -2.90. The summed E-state index contributed by atoms with van der Waals surface area (Å²) in [7, 11) is 0. The molecular weight excluding hydrogens is 376 g/mol. The molecule has 0 spiro atoms. The maximum absolute atomic E-state index is 5.64. The first kappa shape index (κ1) is 22.8. The molecule has 0 radical (unpaired) electrons. The zero-order chi connectivity index (χ0) is 21.7. The minimum absolute atomic E-state index is 0.593. The Morgan fingerprint density at radius 1 is 0.677 bits per heavy atom. The van der Waals surface area contributed by atoms with Crippen molar-refractivity contribution in [3.63, 3.8) is 0 Å². The van der Waals surface area contributed by atoms with E-state index in [1.807, 2.05) is 0 Å². The van der Waals surface area contributed by atoms with E-state index >= 15 is 0 Å². The molecular formula is C30H34O. The molecule has 0 saturated heterocycles. The number of ether oxygens (including phenoxy) is 1. The van der Waals surface area contributed by atoms with Crippen LogP contribution in [0.1, 0.15) is 40.3 Å². The van der Waals surface area contributed by atoms with Gasteiger partial charge in [-0.25, -0.2) is 0 Å². The van der Waals surface area contributed by atoms with E-state index in [2.05, 4.69) is 98.5 Å². The van der Waals surface area contributed by atoms with Crippen molar-refractivity contribution in [2.24, 2.45) is 0 Å². The van der Waals surface area contributed by atoms with Crippen LogP contribution in [0.4, 0.5) is 0 Å². The van der Waals surface area contributed by atoms with Crippen LogP contribution in [0.25, 0.3) is 0 Å². The van der Waals surface area contributed by atoms with Crippen molar-refractivity contribution in [1.82, 2.24) is 0 Å². The zero-order valence-electron chi connectivity index (χ0n) is 18.7. The fraction of sp³-hybridized carbons (Fsp3) is 0.267. The van der Waals surface area contributed by atoms with Crippen molar-refractivity contribution in [2.45, 2.75) is 45.6 Å². The van der Waals surface area contributed by atoms with Crippen molar-refractivity contribution in [3.8, 4) is 0 Å². The number of rotatable bonds is 12. The van der Waals surface area contributed by atoms with Gasteiger partial charge >= 0.3 is 0 Å². The van der Waals surface area contributed by atoms with Crippen molar-refractivity contribution in [1.29, 1.82) is 0 Å². The molecule has 3 rings (SSSR count). The Kier molecular flexibility index (Phi) is 9.34. The molecule has 0 fully saturated rings. The highest BCUT2D eigenvalue weighted by Gasteiger charge is 2.04. The van der Waals surface area contributed by atoms with Crippen LogP contribution in [-0.4, -0.2) is 6.61 Å². The normalized spacial score (nSPS) is 11.1. The molecule has 0 bridgehead atoms. The van der Waals surface area contributed by atoms with Gasteiger partial charge in [-0.3, -0.25) is 0 Å². The topological polar surface area (TPSA) is 9.23 Å².